The van der Waals surface area contributed by atoms with Crippen molar-refractivity contribution >= 4 is 15.9 Å². The lowest BCUT2D eigenvalue weighted by Gasteiger charge is -2.35. The molecule has 1 heterocycles. The van der Waals surface area contributed by atoms with Crippen LogP contribution in [0.3, 0.4) is 0 Å². The van der Waals surface area contributed by atoms with Crippen molar-refractivity contribution in [1.29, 1.82) is 0 Å². The van der Waals surface area contributed by atoms with Crippen molar-refractivity contribution in [2.45, 2.75) is 62.4 Å². The van der Waals surface area contributed by atoms with E-state index in [0.29, 0.717) is 25.2 Å². The van der Waals surface area contributed by atoms with Crippen molar-refractivity contribution in [3.05, 3.63) is 59.4 Å². The molecule has 0 N–H and O–H groups in total. The topological polar surface area (TPSA) is 66.9 Å². The lowest BCUT2D eigenvalue weighted by Crippen LogP contribution is -2.41. The van der Waals surface area contributed by atoms with E-state index in [1.165, 1.54) is 29.6 Å². The number of methoxy groups -OCH3 is 1. The number of ether oxygens (including phenoxy) is 1. The maximum absolute atomic E-state index is 13.7. The molecule has 1 amide bonds. The average molecular weight is 475 g/mol. The first kappa shape index (κ1) is 23.7. The van der Waals surface area contributed by atoms with Crippen LogP contribution in [0.2, 0.25) is 0 Å². The fraction of sp³-hybridized carbons (Fsp3) is 0.480. The Hall–Kier alpha value is -2.45. The van der Waals surface area contributed by atoms with Crippen LogP contribution in [0, 0.1) is 5.82 Å². The van der Waals surface area contributed by atoms with Gasteiger partial charge in [-0.2, -0.15) is 4.31 Å². The summed E-state index contributed by atoms with van der Waals surface area (Å²) in [4.78, 5) is 15.6. The summed E-state index contributed by atoms with van der Waals surface area (Å²) < 4.78 is 46.7. The van der Waals surface area contributed by atoms with E-state index >= 15 is 0 Å². The molecule has 33 heavy (non-hydrogen) atoms. The second-order valence-corrected chi connectivity index (χ2v) is 10.7. The normalized spacial score (nSPS) is 17.8. The summed E-state index contributed by atoms with van der Waals surface area (Å²) in [6.07, 6.45) is 6.71. The smallest absolute Gasteiger partial charge is 0.254 e. The molecular formula is C25H31FN2O4S. The van der Waals surface area contributed by atoms with Gasteiger partial charge in [0.15, 0.2) is 0 Å². The zero-order chi connectivity index (χ0) is 23.4. The lowest BCUT2D eigenvalue weighted by atomic mass is 9.93. The third-order valence-corrected chi connectivity index (χ3v) is 8.56. The number of hydrogen-bond acceptors (Lipinski definition) is 4. The van der Waals surface area contributed by atoms with Gasteiger partial charge in [-0.15, -0.1) is 0 Å². The molecule has 0 radical (unpaired) electrons. The molecule has 1 aliphatic heterocycles. The van der Waals surface area contributed by atoms with Crippen LogP contribution in [-0.2, 0) is 16.6 Å². The summed E-state index contributed by atoms with van der Waals surface area (Å²) in [6, 6.07) is 10.9. The number of rotatable bonds is 7. The van der Waals surface area contributed by atoms with E-state index in [1.54, 1.807) is 24.3 Å². The Bertz CT molecular complexity index is 1080. The molecule has 2 aromatic rings. The van der Waals surface area contributed by atoms with Gasteiger partial charge in [0.2, 0.25) is 10.0 Å². The summed E-state index contributed by atoms with van der Waals surface area (Å²) >= 11 is 0. The number of benzene rings is 2. The Morgan fingerprint density at radius 3 is 2.33 bits per heavy atom. The molecule has 2 fully saturated rings. The van der Waals surface area contributed by atoms with Crippen LogP contribution < -0.4 is 4.74 Å². The summed E-state index contributed by atoms with van der Waals surface area (Å²) in [5, 5.41) is 0. The first-order valence-corrected chi connectivity index (χ1v) is 13.1. The zero-order valence-electron chi connectivity index (χ0n) is 19.0. The van der Waals surface area contributed by atoms with Gasteiger partial charge in [-0.05, 0) is 61.6 Å². The molecular weight excluding hydrogens is 443 g/mol. The predicted octanol–water partition coefficient (Wildman–Crippen LogP) is 4.59. The standard InChI is InChI=1S/C25H31FN2O4S/c1-32-23-14-11-20(17-24(23)33(30,31)27-15-5-6-16-27)25(29)28(22-7-3-2-4-8-22)18-19-9-12-21(26)13-10-19/h9-14,17,22H,2-8,15-16,18H2,1H3. The Kier molecular flexibility index (Phi) is 7.34. The fourth-order valence-electron chi connectivity index (χ4n) is 4.79. The first-order chi connectivity index (χ1) is 15.9. The number of carbonyl (C=O) groups is 1. The van der Waals surface area contributed by atoms with E-state index in [2.05, 4.69) is 0 Å². The fourth-order valence-corrected chi connectivity index (χ4v) is 6.49. The molecule has 0 bridgehead atoms. The third-order valence-electron chi connectivity index (χ3n) is 6.64. The highest BCUT2D eigenvalue weighted by Crippen LogP contribution is 2.32. The van der Waals surface area contributed by atoms with Crippen molar-refractivity contribution in [1.82, 2.24) is 9.21 Å². The molecule has 1 aliphatic carbocycles. The highest BCUT2D eigenvalue weighted by molar-refractivity contribution is 7.89. The number of halogens is 1. The minimum atomic E-state index is -3.76. The Balaban J connectivity index is 1.68. The quantitative estimate of drug-likeness (QED) is 0.589. The van der Waals surface area contributed by atoms with Gasteiger partial charge in [-0.25, -0.2) is 12.8 Å². The van der Waals surface area contributed by atoms with Gasteiger partial charge < -0.3 is 9.64 Å². The number of carbonyl (C=O) groups excluding carboxylic acids is 1. The van der Waals surface area contributed by atoms with Crippen LogP contribution >= 0.6 is 0 Å². The van der Waals surface area contributed by atoms with Crippen molar-refractivity contribution in [3.63, 3.8) is 0 Å². The largest absolute Gasteiger partial charge is 0.495 e. The van der Waals surface area contributed by atoms with Gasteiger partial charge in [0.05, 0.1) is 7.11 Å². The number of nitrogens with zero attached hydrogens (tertiary/aromatic N) is 2. The van der Waals surface area contributed by atoms with Crippen molar-refractivity contribution in [2.24, 2.45) is 0 Å². The Morgan fingerprint density at radius 2 is 1.70 bits per heavy atom. The van der Waals surface area contributed by atoms with Crippen molar-refractivity contribution < 1.29 is 22.3 Å². The van der Waals surface area contributed by atoms with Gasteiger partial charge in [0.1, 0.15) is 16.5 Å². The van der Waals surface area contributed by atoms with Gasteiger partial charge in [0.25, 0.3) is 5.91 Å². The number of sulfonamides is 1. The van der Waals surface area contributed by atoms with Gasteiger partial charge in [-0.3, -0.25) is 4.79 Å². The molecule has 0 unspecified atom stereocenters. The van der Waals surface area contributed by atoms with Crippen LogP contribution in [-0.4, -0.2) is 49.8 Å². The first-order valence-electron chi connectivity index (χ1n) is 11.6. The van der Waals surface area contributed by atoms with E-state index < -0.39 is 10.0 Å². The second-order valence-electron chi connectivity index (χ2n) is 8.83. The third kappa shape index (κ3) is 5.22. The highest BCUT2D eigenvalue weighted by atomic mass is 32.2. The molecule has 178 valence electrons. The monoisotopic (exact) mass is 474 g/mol. The summed E-state index contributed by atoms with van der Waals surface area (Å²) in [6.45, 7) is 1.30. The molecule has 2 aliphatic rings. The van der Waals surface area contributed by atoms with E-state index in [0.717, 1.165) is 50.5 Å². The lowest BCUT2D eigenvalue weighted by molar-refractivity contribution is 0.0614. The van der Waals surface area contributed by atoms with Crippen LogP contribution in [0.4, 0.5) is 4.39 Å². The molecule has 0 spiro atoms. The van der Waals surface area contributed by atoms with Crippen molar-refractivity contribution in [2.75, 3.05) is 20.2 Å². The minimum Gasteiger partial charge on any atom is -0.495 e. The van der Waals surface area contributed by atoms with E-state index in [-0.39, 0.29) is 28.4 Å². The molecule has 1 saturated heterocycles. The predicted molar refractivity (Wildman–Crippen MR) is 124 cm³/mol. The van der Waals surface area contributed by atoms with Crippen molar-refractivity contribution in [3.8, 4) is 5.75 Å². The molecule has 1 saturated carbocycles. The SMILES string of the molecule is COc1ccc(C(=O)N(Cc2ccc(F)cc2)C2CCCCC2)cc1S(=O)(=O)N1CCCC1. The minimum absolute atomic E-state index is 0.0307. The molecule has 6 nitrogen and oxygen atoms in total. The Labute approximate surface area is 195 Å². The average Bonchev–Trinajstić information content (AvgIpc) is 3.39. The van der Waals surface area contributed by atoms with E-state index in [9.17, 15) is 17.6 Å². The van der Waals surface area contributed by atoms with Crippen LogP contribution in [0.1, 0.15) is 60.9 Å². The van der Waals surface area contributed by atoms with Crippen LogP contribution in [0.25, 0.3) is 0 Å². The number of hydrogen-bond donors (Lipinski definition) is 0. The highest BCUT2D eigenvalue weighted by Gasteiger charge is 2.32. The maximum atomic E-state index is 13.7. The zero-order valence-corrected chi connectivity index (χ0v) is 19.8. The summed E-state index contributed by atoms with van der Waals surface area (Å²) in [5.74, 6) is -0.297. The summed E-state index contributed by atoms with van der Waals surface area (Å²) in [7, 11) is -2.32. The molecule has 8 heteroatoms. The molecule has 4 rings (SSSR count). The summed E-state index contributed by atoms with van der Waals surface area (Å²) in [5.41, 5.74) is 1.16. The maximum Gasteiger partial charge on any atom is 0.254 e. The van der Waals surface area contributed by atoms with Gasteiger partial charge in [0, 0.05) is 31.2 Å². The second kappa shape index (κ2) is 10.2. The van der Waals surface area contributed by atoms with E-state index in [4.69, 9.17) is 4.74 Å². The van der Waals surface area contributed by atoms with Gasteiger partial charge in [-0.1, -0.05) is 31.4 Å². The van der Waals surface area contributed by atoms with Crippen LogP contribution in [0.5, 0.6) is 5.75 Å². The molecule has 0 aromatic heterocycles. The molecule has 0 atom stereocenters. The van der Waals surface area contributed by atoms with Crippen LogP contribution in [0.15, 0.2) is 47.4 Å². The van der Waals surface area contributed by atoms with Gasteiger partial charge >= 0.3 is 0 Å². The molecule has 2 aromatic carbocycles. The van der Waals surface area contributed by atoms with E-state index in [1.807, 2.05) is 4.90 Å². The number of amides is 1. The Morgan fingerprint density at radius 1 is 1.03 bits per heavy atom.